The molecule has 1 saturated carbocycles. The highest BCUT2D eigenvalue weighted by atomic mass is 14.2. The van der Waals surface area contributed by atoms with Crippen molar-refractivity contribution in [3.8, 4) is 0 Å². The van der Waals surface area contributed by atoms with Gasteiger partial charge in [-0.25, -0.2) is 0 Å². The molecule has 1 atom stereocenters. The monoisotopic (exact) mass is 196 g/mol. The molecular weight excluding hydrogens is 168 g/mol. The lowest BCUT2D eigenvalue weighted by molar-refractivity contribution is 0.247. The Hall–Kier alpha value is 0. The lowest BCUT2D eigenvalue weighted by Crippen LogP contribution is -2.15. The summed E-state index contributed by atoms with van der Waals surface area (Å²) in [5.74, 6) is 2.08. The zero-order chi connectivity index (χ0) is 10.2. The van der Waals surface area contributed by atoms with Crippen LogP contribution in [0.15, 0.2) is 0 Å². The van der Waals surface area contributed by atoms with E-state index in [0.29, 0.717) is 0 Å². The summed E-state index contributed by atoms with van der Waals surface area (Å²) in [6, 6.07) is 0. The summed E-state index contributed by atoms with van der Waals surface area (Å²) in [5.41, 5.74) is 0. The molecule has 0 aliphatic heterocycles. The van der Waals surface area contributed by atoms with Gasteiger partial charge in [-0.05, 0) is 11.8 Å². The van der Waals surface area contributed by atoms with Crippen molar-refractivity contribution in [1.82, 2.24) is 0 Å². The van der Waals surface area contributed by atoms with E-state index >= 15 is 0 Å². The minimum Gasteiger partial charge on any atom is -0.0654 e. The summed E-state index contributed by atoms with van der Waals surface area (Å²) >= 11 is 0. The molecule has 0 aromatic carbocycles. The second kappa shape index (κ2) is 7.31. The smallest absolute Gasteiger partial charge is 0.0388 e. The van der Waals surface area contributed by atoms with Crippen LogP contribution in [-0.2, 0) is 0 Å². The third-order valence-electron chi connectivity index (χ3n) is 3.97. The summed E-state index contributed by atoms with van der Waals surface area (Å²) in [7, 11) is 0. The molecule has 0 heterocycles. The minimum atomic E-state index is 1.01. The Morgan fingerprint density at radius 3 is 2.36 bits per heavy atom. The minimum absolute atomic E-state index is 1.01. The number of unbranched alkanes of at least 4 members (excludes halogenated alkanes) is 3. The molecule has 0 radical (unpaired) electrons. The molecule has 0 bridgehead atoms. The van der Waals surface area contributed by atoms with Crippen molar-refractivity contribution in [1.29, 1.82) is 0 Å². The third kappa shape index (κ3) is 4.48. The molecule has 0 amide bonds. The Balaban J connectivity index is 2.04. The number of hydrogen-bond donors (Lipinski definition) is 0. The maximum Gasteiger partial charge on any atom is -0.0388 e. The van der Waals surface area contributed by atoms with Gasteiger partial charge >= 0.3 is 0 Å². The molecule has 84 valence electrons. The van der Waals surface area contributed by atoms with E-state index in [4.69, 9.17) is 0 Å². The van der Waals surface area contributed by atoms with Crippen molar-refractivity contribution in [2.75, 3.05) is 0 Å². The fourth-order valence-electron chi connectivity index (χ4n) is 2.83. The van der Waals surface area contributed by atoms with Crippen molar-refractivity contribution in [3.05, 3.63) is 0 Å². The van der Waals surface area contributed by atoms with Crippen LogP contribution >= 0.6 is 0 Å². The maximum absolute atomic E-state index is 2.49. The number of hydrogen-bond acceptors (Lipinski definition) is 0. The molecular formula is C14H28. The summed E-state index contributed by atoms with van der Waals surface area (Å²) in [6.07, 6.45) is 14.8. The van der Waals surface area contributed by atoms with Gasteiger partial charge in [-0.1, -0.05) is 78.1 Å². The zero-order valence-electron chi connectivity index (χ0n) is 10.2. The molecule has 1 unspecified atom stereocenters. The summed E-state index contributed by atoms with van der Waals surface area (Å²) < 4.78 is 0. The molecule has 0 N–H and O–H groups in total. The van der Waals surface area contributed by atoms with Crippen molar-refractivity contribution in [3.63, 3.8) is 0 Å². The quantitative estimate of drug-likeness (QED) is 0.514. The van der Waals surface area contributed by atoms with Crippen molar-refractivity contribution in [2.45, 2.75) is 78.1 Å². The van der Waals surface area contributed by atoms with Gasteiger partial charge in [-0.2, -0.15) is 0 Å². The fraction of sp³-hybridized carbons (Fsp3) is 1.00. The fourth-order valence-corrected chi connectivity index (χ4v) is 2.83. The van der Waals surface area contributed by atoms with E-state index in [-0.39, 0.29) is 0 Å². The molecule has 1 aliphatic carbocycles. The molecule has 1 aliphatic rings. The van der Waals surface area contributed by atoms with E-state index in [1.807, 2.05) is 0 Å². The normalized spacial score (nSPS) is 21.0. The van der Waals surface area contributed by atoms with E-state index in [0.717, 1.165) is 11.8 Å². The Bertz CT molecular complexity index is 122. The van der Waals surface area contributed by atoms with Crippen LogP contribution < -0.4 is 0 Å². The average Bonchev–Trinajstić information content (AvgIpc) is 2.25. The van der Waals surface area contributed by atoms with Gasteiger partial charge < -0.3 is 0 Å². The molecule has 0 saturated heterocycles. The first kappa shape index (κ1) is 12.1. The molecule has 1 fully saturated rings. The molecule has 0 aromatic rings. The molecule has 14 heavy (non-hydrogen) atoms. The second-order valence-electron chi connectivity index (χ2n) is 5.22. The van der Waals surface area contributed by atoms with E-state index < -0.39 is 0 Å². The van der Waals surface area contributed by atoms with Crippen molar-refractivity contribution in [2.24, 2.45) is 11.8 Å². The van der Waals surface area contributed by atoms with Crippen LogP contribution in [0.3, 0.4) is 0 Å². The third-order valence-corrected chi connectivity index (χ3v) is 3.97. The van der Waals surface area contributed by atoms with Crippen LogP contribution in [0.2, 0.25) is 0 Å². The highest BCUT2D eigenvalue weighted by Crippen LogP contribution is 2.32. The Labute approximate surface area is 90.5 Å². The van der Waals surface area contributed by atoms with E-state index in [2.05, 4.69) is 13.8 Å². The Kier molecular flexibility index (Phi) is 6.31. The largest absolute Gasteiger partial charge is 0.0654 e. The van der Waals surface area contributed by atoms with Crippen LogP contribution in [-0.4, -0.2) is 0 Å². The molecule has 0 spiro atoms. The second-order valence-corrected chi connectivity index (χ2v) is 5.22. The molecule has 0 aromatic heterocycles. The van der Waals surface area contributed by atoms with Crippen LogP contribution in [0.1, 0.15) is 78.1 Å². The maximum atomic E-state index is 2.49. The lowest BCUT2D eigenvalue weighted by atomic mass is 9.79. The molecule has 0 heteroatoms. The van der Waals surface area contributed by atoms with E-state index in [9.17, 15) is 0 Å². The van der Waals surface area contributed by atoms with Crippen LogP contribution in [0.25, 0.3) is 0 Å². The van der Waals surface area contributed by atoms with E-state index in [1.54, 1.807) is 0 Å². The van der Waals surface area contributed by atoms with Gasteiger partial charge in [0.2, 0.25) is 0 Å². The van der Waals surface area contributed by atoms with Gasteiger partial charge in [0.25, 0.3) is 0 Å². The first-order valence-corrected chi connectivity index (χ1v) is 6.84. The predicted molar refractivity (Wildman–Crippen MR) is 64.5 cm³/mol. The van der Waals surface area contributed by atoms with Crippen LogP contribution in [0, 0.1) is 11.8 Å². The SMILES string of the molecule is CCCCCCC(C)C1CCCCC1. The lowest BCUT2D eigenvalue weighted by Gasteiger charge is -2.27. The highest BCUT2D eigenvalue weighted by molar-refractivity contribution is 4.71. The summed E-state index contributed by atoms with van der Waals surface area (Å²) in [6.45, 7) is 4.78. The predicted octanol–water partition coefficient (Wildman–Crippen LogP) is 5.17. The molecule has 1 rings (SSSR count). The highest BCUT2D eigenvalue weighted by Gasteiger charge is 2.19. The molecule has 0 nitrogen and oxygen atoms in total. The van der Waals surface area contributed by atoms with E-state index in [1.165, 1.54) is 64.2 Å². The average molecular weight is 196 g/mol. The van der Waals surface area contributed by atoms with Crippen LogP contribution in [0.4, 0.5) is 0 Å². The van der Waals surface area contributed by atoms with Gasteiger partial charge in [0.15, 0.2) is 0 Å². The number of rotatable bonds is 6. The van der Waals surface area contributed by atoms with Gasteiger partial charge in [-0.3, -0.25) is 0 Å². The van der Waals surface area contributed by atoms with Crippen molar-refractivity contribution >= 4 is 0 Å². The van der Waals surface area contributed by atoms with Crippen molar-refractivity contribution < 1.29 is 0 Å². The Morgan fingerprint density at radius 2 is 1.71 bits per heavy atom. The zero-order valence-corrected chi connectivity index (χ0v) is 10.2. The summed E-state index contributed by atoms with van der Waals surface area (Å²) in [5, 5.41) is 0. The standard InChI is InChI=1S/C14H28/c1-3-4-5-7-10-13(2)14-11-8-6-9-12-14/h13-14H,3-12H2,1-2H3. The summed E-state index contributed by atoms with van der Waals surface area (Å²) in [4.78, 5) is 0. The topological polar surface area (TPSA) is 0 Å². The van der Waals surface area contributed by atoms with Gasteiger partial charge in [-0.15, -0.1) is 0 Å². The van der Waals surface area contributed by atoms with Gasteiger partial charge in [0.05, 0.1) is 0 Å². The van der Waals surface area contributed by atoms with Gasteiger partial charge in [0.1, 0.15) is 0 Å². The van der Waals surface area contributed by atoms with Crippen LogP contribution in [0.5, 0.6) is 0 Å². The van der Waals surface area contributed by atoms with Gasteiger partial charge in [0, 0.05) is 0 Å². The Morgan fingerprint density at radius 1 is 1.00 bits per heavy atom. The first-order chi connectivity index (χ1) is 6.84. The first-order valence-electron chi connectivity index (χ1n) is 6.84.